The summed E-state index contributed by atoms with van der Waals surface area (Å²) in [5, 5.41) is 3.36. The van der Waals surface area contributed by atoms with Crippen molar-refractivity contribution in [3.63, 3.8) is 0 Å². The van der Waals surface area contributed by atoms with E-state index < -0.39 is 31.5 Å². The number of hydrogen-bond donors (Lipinski definition) is 0. The molecule has 7 heteroatoms. The normalized spacial score (nSPS) is 18.7. The minimum absolute atomic E-state index is 0.0500. The number of nitrogens with zero attached hydrogens (tertiary/aromatic N) is 3. The van der Waals surface area contributed by atoms with Crippen LogP contribution < -0.4 is 4.74 Å². The van der Waals surface area contributed by atoms with Gasteiger partial charge in [0.2, 0.25) is 4.73 Å². The van der Waals surface area contributed by atoms with Gasteiger partial charge in [0.25, 0.3) is 0 Å². The van der Waals surface area contributed by atoms with Gasteiger partial charge in [-0.05, 0) is 41.8 Å². The van der Waals surface area contributed by atoms with Crippen molar-refractivity contribution in [2.24, 2.45) is 0 Å². The van der Waals surface area contributed by atoms with Crippen LogP contribution in [0.3, 0.4) is 0 Å². The molecule has 0 saturated heterocycles. The summed E-state index contributed by atoms with van der Waals surface area (Å²) >= 11 is 8.52. The molecular weight excluding hydrogens is 324 g/mol. The minimum atomic E-state index is -3.29. The molecule has 1 heterocycles. The smallest absolute Gasteiger partial charge is 0.321 e. The van der Waals surface area contributed by atoms with Crippen molar-refractivity contribution in [1.82, 2.24) is 14.8 Å². The summed E-state index contributed by atoms with van der Waals surface area (Å²) in [4.78, 5) is 3.74. The predicted molar refractivity (Wildman–Crippen MR) is 69.6 cm³/mol. The Morgan fingerprint density at radius 1 is 1.61 bits per heavy atom. The van der Waals surface area contributed by atoms with Gasteiger partial charge in [-0.15, -0.1) is 5.10 Å². The molecule has 0 amide bonds. The van der Waals surface area contributed by atoms with Crippen molar-refractivity contribution in [3.8, 4) is 11.8 Å². The SMILES string of the molecule is [2H]C([2H])([2H])C([2H])(n1nc(Br)nc1Oc1ccc(F)c(Cl)c1)C([2H])([2H])[2H]. The maximum atomic E-state index is 13.2. The molecule has 18 heavy (non-hydrogen) atoms. The largest absolute Gasteiger partial charge is 0.424 e. The van der Waals surface area contributed by atoms with Gasteiger partial charge in [0.05, 0.1) is 12.4 Å². The maximum Gasteiger partial charge on any atom is 0.321 e. The first-order valence-corrected chi connectivity index (χ1v) is 5.70. The zero-order valence-electron chi connectivity index (χ0n) is 15.6. The third kappa shape index (κ3) is 2.81. The van der Waals surface area contributed by atoms with Gasteiger partial charge in [0.1, 0.15) is 11.6 Å². The summed E-state index contributed by atoms with van der Waals surface area (Å²) in [6, 6.07) is -0.505. The van der Waals surface area contributed by atoms with Gasteiger partial charge < -0.3 is 4.74 Å². The second-order valence-electron chi connectivity index (χ2n) is 3.10. The van der Waals surface area contributed by atoms with E-state index in [-0.39, 0.29) is 15.5 Å². The summed E-state index contributed by atoms with van der Waals surface area (Å²) in [6.45, 7) is -6.58. The van der Waals surface area contributed by atoms with E-state index >= 15 is 0 Å². The second-order valence-corrected chi connectivity index (χ2v) is 4.22. The third-order valence-corrected chi connectivity index (χ3v) is 2.49. The molecule has 0 N–H and O–H groups in total. The average molecular weight is 342 g/mol. The molecule has 0 atom stereocenters. The third-order valence-electron chi connectivity index (χ3n) is 1.86. The van der Waals surface area contributed by atoms with Crippen LogP contribution in [0, 0.1) is 5.82 Å². The Balaban J connectivity index is 2.58. The van der Waals surface area contributed by atoms with E-state index in [0.717, 1.165) is 12.1 Å². The van der Waals surface area contributed by atoms with E-state index in [2.05, 4.69) is 26.0 Å². The van der Waals surface area contributed by atoms with Crippen LogP contribution in [0.15, 0.2) is 22.9 Å². The molecule has 0 radical (unpaired) electrons. The lowest BCUT2D eigenvalue weighted by Gasteiger charge is -2.09. The Bertz CT molecular complexity index is 781. The molecule has 0 aliphatic carbocycles. The molecule has 1 aromatic heterocycles. The summed E-state index contributed by atoms with van der Waals surface area (Å²) in [6.07, 6.45) is 0. The fraction of sp³-hybridized carbons (Fsp3) is 0.273. The van der Waals surface area contributed by atoms with E-state index in [0.29, 0.717) is 4.68 Å². The molecule has 0 fully saturated rings. The zero-order chi connectivity index (χ0) is 19.2. The van der Waals surface area contributed by atoms with Crippen LogP contribution in [-0.2, 0) is 0 Å². The molecule has 0 bridgehead atoms. The first-order valence-electron chi connectivity index (χ1n) is 8.03. The standard InChI is InChI=1S/C11H10BrClFN3O/c1-6(2)17-11(15-10(12)16-17)18-7-3-4-9(14)8(13)5-7/h3-6H,1-2H3/i1D3,2D3,6D. The quantitative estimate of drug-likeness (QED) is 0.839. The Labute approximate surface area is 127 Å². The Morgan fingerprint density at radius 2 is 2.39 bits per heavy atom. The summed E-state index contributed by atoms with van der Waals surface area (Å²) < 4.78 is 71.7. The molecule has 2 aromatic rings. The number of aromatic nitrogens is 3. The van der Waals surface area contributed by atoms with Crippen molar-refractivity contribution in [1.29, 1.82) is 0 Å². The highest BCUT2D eigenvalue weighted by Gasteiger charge is 2.13. The highest BCUT2D eigenvalue weighted by atomic mass is 79.9. The highest BCUT2D eigenvalue weighted by molar-refractivity contribution is 9.10. The van der Waals surface area contributed by atoms with Gasteiger partial charge in [-0.3, -0.25) is 0 Å². The fourth-order valence-electron chi connectivity index (χ4n) is 1.13. The lowest BCUT2D eigenvalue weighted by atomic mass is 10.3. The monoisotopic (exact) mass is 340 g/mol. The van der Waals surface area contributed by atoms with Crippen LogP contribution in [0.25, 0.3) is 0 Å². The van der Waals surface area contributed by atoms with Crippen molar-refractivity contribution < 1.29 is 18.7 Å². The predicted octanol–water partition coefficient (Wildman–Crippen LogP) is 4.21. The van der Waals surface area contributed by atoms with E-state index in [1.807, 2.05) is 0 Å². The van der Waals surface area contributed by atoms with Crippen LogP contribution in [0.5, 0.6) is 11.8 Å². The molecule has 0 unspecified atom stereocenters. The lowest BCUT2D eigenvalue weighted by molar-refractivity contribution is 0.376. The average Bonchev–Trinajstić information content (AvgIpc) is 2.80. The van der Waals surface area contributed by atoms with Gasteiger partial charge >= 0.3 is 6.01 Å². The van der Waals surface area contributed by atoms with E-state index in [9.17, 15) is 4.39 Å². The Kier molecular flexibility index (Phi) is 2.00. The summed E-state index contributed by atoms with van der Waals surface area (Å²) in [7, 11) is 0. The van der Waals surface area contributed by atoms with E-state index in [1.165, 1.54) is 6.07 Å². The van der Waals surface area contributed by atoms with Gasteiger partial charge in [-0.25, -0.2) is 9.07 Å². The van der Waals surface area contributed by atoms with Gasteiger partial charge in [-0.1, -0.05) is 11.6 Å². The molecule has 0 aliphatic rings. The first-order chi connectivity index (χ1) is 11.3. The number of hydrogen-bond acceptors (Lipinski definition) is 3. The topological polar surface area (TPSA) is 39.9 Å². The van der Waals surface area contributed by atoms with E-state index in [4.69, 9.17) is 25.9 Å². The number of ether oxygens (including phenoxy) is 1. The van der Waals surface area contributed by atoms with Crippen LogP contribution in [-0.4, -0.2) is 14.8 Å². The minimum Gasteiger partial charge on any atom is -0.424 e. The van der Waals surface area contributed by atoms with Crippen molar-refractivity contribution in [3.05, 3.63) is 33.8 Å². The van der Waals surface area contributed by atoms with Crippen molar-refractivity contribution in [2.75, 3.05) is 0 Å². The molecule has 4 nitrogen and oxygen atoms in total. The summed E-state index contributed by atoms with van der Waals surface area (Å²) in [5.74, 6) is -0.762. The van der Waals surface area contributed by atoms with Crippen molar-refractivity contribution >= 4 is 27.5 Å². The van der Waals surface area contributed by atoms with Gasteiger partial charge in [0.15, 0.2) is 0 Å². The lowest BCUT2D eigenvalue weighted by Crippen LogP contribution is -2.05. The molecule has 0 saturated carbocycles. The molecule has 0 aliphatic heterocycles. The van der Waals surface area contributed by atoms with Gasteiger partial charge in [-0.2, -0.15) is 4.98 Å². The van der Waals surface area contributed by atoms with Crippen molar-refractivity contribution in [2.45, 2.75) is 19.7 Å². The van der Waals surface area contributed by atoms with Crippen LogP contribution in [0.4, 0.5) is 4.39 Å². The zero-order valence-corrected chi connectivity index (χ0v) is 11.0. The second kappa shape index (κ2) is 5.24. The van der Waals surface area contributed by atoms with Gasteiger partial charge in [0, 0.05) is 14.3 Å². The molecule has 0 spiro atoms. The molecule has 96 valence electrons. The molecular formula is C11H10BrClFN3O. The summed E-state index contributed by atoms with van der Waals surface area (Å²) in [5.41, 5.74) is 0. The van der Waals surface area contributed by atoms with Crippen LogP contribution in [0.2, 0.25) is 5.02 Å². The highest BCUT2D eigenvalue weighted by Crippen LogP contribution is 2.27. The maximum absolute atomic E-state index is 13.2. The number of halogens is 3. The number of benzene rings is 1. The van der Waals surface area contributed by atoms with Crippen LogP contribution in [0.1, 0.15) is 29.3 Å². The Hall–Kier alpha value is -1.14. The van der Waals surface area contributed by atoms with E-state index in [1.54, 1.807) is 0 Å². The number of rotatable bonds is 3. The fourth-order valence-corrected chi connectivity index (χ4v) is 1.61. The first kappa shape index (κ1) is 6.86. The Morgan fingerprint density at radius 3 is 3.06 bits per heavy atom. The molecule has 2 rings (SSSR count). The van der Waals surface area contributed by atoms with Crippen LogP contribution >= 0.6 is 27.5 Å². The molecule has 1 aromatic carbocycles.